The third-order valence-corrected chi connectivity index (χ3v) is 12.5. The van der Waals surface area contributed by atoms with E-state index in [9.17, 15) is 0 Å². The predicted molar refractivity (Wildman–Crippen MR) is 238 cm³/mol. The summed E-state index contributed by atoms with van der Waals surface area (Å²) in [6.07, 6.45) is 28.2. The third-order valence-electron chi connectivity index (χ3n) is 12.5. The molecular weight excluding hydrogens is 645 g/mol. The van der Waals surface area contributed by atoms with Crippen molar-refractivity contribution in [1.29, 1.82) is 0 Å². The van der Waals surface area contributed by atoms with Gasteiger partial charge in [0.1, 0.15) is 0 Å². The lowest BCUT2D eigenvalue weighted by atomic mass is 9.83. The second-order valence-electron chi connectivity index (χ2n) is 16.6. The van der Waals surface area contributed by atoms with Gasteiger partial charge in [0.2, 0.25) is 0 Å². The zero-order valence-corrected chi connectivity index (χ0v) is 37.0. The molecule has 2 unspecified atom stereocenters. The molecule has 1 saturated heterocycles. The van der Waals surface area contributed by atoms with Crippen LogP contribution in [0.2, 0.25) is 0 Å². The molecule has 4 nitrogen and oxygen atoms in total. The molecule has 0 aromatic rings. The fourth-order valence-electron chi connectivity index (χ4n) is 7.17. The Morgan fingerprint density at radius 3 is 2.00 bits per heavy atom. The Morgan fingerprint density at radius 2 is 1.53 bits per heavy atom. The minimum Gasteiger partial charge on any atom is -0.372 e. The molecule has 0 aromatic carbocycles. The van der Waals surface area contributed by atoms with Crippen molar-refractivity contribution < 1.29 is 0 Å². The number of unbranched alkanes of at least 4 members (excludes halogenated alkanes) is 1. The number of aliphatic imine (C=N–C) groups is 2. The molecule has 2 saturated carbocycles. The maximum absolute atomic E-state index is 5.44. The molecule has 3 aliphatic rings. The largest absolute Gasteiger partial charge is 0.372 e. The second-order valence-corrected chi connectivity index (χ2v) is 16.6. The van der Waals surface area contributed by atoms with Crippen LogP contribution in [0.25, 0.3) is 0 Å². The highest BCUT2D eigenvalue weighted by atomic mass is 15.2. The lowest BCUT2D eigenvalue weighted by molar-refractivity contribution is 0.135. The molecular formula is C49H82N4. The van der Waals surface area contributed by atoms with Crippen molar-refractivity contribution in [3.05, 3.63) is 81.8 Å². The van der Waals surface area contributed by atoms with Crippen molar-refractivity contribution >= 4 is 11.4 Å². The number of allylic oxidation sites excluding steroid dienone is 11. The average Bonchev–Trinajstić information content (AvgIpc) is 3.11. The molecule has 0 radical (unpaired) electrons. The van der Waals surface area contributed by atoms with Crippen molar-refractivity contribution in [2.75, 3.05) is 33.7 Å². The maximum atomic E-state index is 5.44. The van der Waals surface area contributed by atoms with Crippen LogP contribution in [-0.2, 0) is 0 Å². The fourth-order valence-corrected chi connectivity index (χ4v) is 7.17. The van der Waals surface area contributed by atoms with Crippen LogP contribution in [0.5, 0.6) is 0 Å². The van der Waals surface area contributed by atoms with E-state index in [1.54, 1.807) is 11.1 Å². The topological polar surface area (TPSA) is 31.2 Å². The molecule has 0 N–H and O–H groups in total. The van der Waals surface area contributed by atoms with Gasteiger partial charge in [0.25, 0.3) is 0 Å². The van der Waals surface area contributed by atoms with Crippen LogP contribution in [-0.4, -0.2) is 61.0 Å². The van der Waals surface area contributed by atoms with Gasteiger partial charge in [-0.2, -0.15) is 0 Å². The smallest absolute Gasteiger partial charge is 0.0887 e. The molecule has 53 heavy (non-hydrogen) atoms. The highest BCUT2D eigenvalue weighted by molar-refractivity contribution is 6.12. The number of rotatable bonds is 18. The summed E-state index contributed by atoms with van der Waals surface area (Å²) >= 11 is 0. The average molecular weight is 727 g/mol. The van der Waals surface area contributed by atoms with Gasteiger partial charge >= 0.3 is 0 Å². The first-order chi connectivity index (χ1) is 25.3. The Bertz CT molecular complexity index is 1390. The van der Waals surface area contributed by atoms with Crippen LogP contribution in [0.3, 0.4) is 0 Å². The summed E-state index contributed by atoms with van der Waals surface area (Å²) in [6, 6.07) is 0.708. The molecule has 298 valence electrons. The lowest BCUT2D eigenvalue weighted by Gasteiger charge is -2.39. The van der Waals surface area contributed by atoms with Gasteiger partial charge in [-0.1, -0.05) is 95.8 Å². The van der Waals surface area contributed by atoms with Gasteiger partial charge in [-0.05, 0) is 166 Å². The fraction of sp³-hybridized carbons (Fsp3) is 0.673. The van der Waals surface area contributed by atoms with Gasteiger partial charge in [0.15, 0.2) is 0 Å². The second kappa shape index (κ2) is 24.6. The van der Waals surface area contributed by atoms with E-state index in [2.05, 4.69) is 130 Å². The summed E-state index contributed by atoms with van der Waals surface area (Å²) in [5.74, 6) is 2.12. The normalized spacial score (nSPS) is 20.2. The van der Waals surface area contributed by atoms with Crippen LogP contribution < -0.4 is 0 Å². The molecule has 3 rings (SSSR count). The van der Waals surface area contributed by atoms with Gasteiger partial charge < -0.3 is 9.80 Å². The first-order valence-electron chi connectivity index (χ1n) is 21.6. The number of nitrogens with zero attached hydrogens (tertiary/aromatic N) is 4. The molecule has 2 aliphatic carbocycles. The van der Waals surface area contributed by atoms with Gasteiger partial charge in [0, 0.05) is 37.6 Å². The Balaban J connectivity index is 0.000000848. The van der Waals surface area contributed by atoms with Crippen molar-refractivity contribution in [3.8, 4) is 0 Å². The zero-order chi connectivity index (χ0) is 39.5. The van der Waals surface area contributed by atoms with Gasteiger partial charge in [-0.3, -0.25) is 9.98 Å². The van der Waals surface area contributed by atoms with Crippen LogP contribution >= 0.6 is 0 Å². The highest BCUT2D eigenvalue weighted by Gasteiger charge is 2.25. The van der Waals surface area contributed by atoms with Gasteiger partial charge in [-0.15, -0.1) is 0 Å². The Hall–Kier alpha value is -2.72. The van der Waals surface area contributed by atoms with E-state index >= 15 is 0 Å². The van der Waals surface area contributed by atoms with Crippen LogP contribution in [0.4, 0.5) is 0 Å². The predicted octanol–water partition coefficient (Wildman–Crippen LogP) is 13.7. The summed E-state index contributed by atoms with van der Waals surface area (Å²) < 4.78 is 0. The minimum atomic E-state index is 0.341. The molecule has 2 atom stereocenters. The van der Waals surface area contributed by atoms with Crippen molar-refractivity contribution in [2.24, 2.45) is 27.7 Å². The molecule has 0 amide bonds. The first-order valence-corrected chi connectivity index (χ1v) is 21.6. The van der Waals surface area contributed by atoms with Crippen LogP contribution in [0, 0.1) is 17.8 Å². The molecule has 3 fully saturated rings. The molecule has 4 heteroatoms. The van der Waals surface area contributed by atoms with E-state index in [0.717, 1.165) is 59.6 Å². The zero-order valence-electron chi connectivity index (χ0n) is 37.0. The monoisotopic (exact) mass is 727 g/mol. The molecule has 1 heterocycles. The number of hydrogen-bond donors (Lipinski definition) is 0. The van der Waals surface area contributed by atoms with E-state index in [4.69, 9.17) is 9.98 Å². The summed E-state index contributed by atoms with van der Waals surface area (Å²) in [5, 5.41) is 0. The van der Waals surface area contributed by atoms with Gasteiger partial charge in [0.05, 0.1) is 11.4 Å². The Labute approximate surface area is 329 Å². The van der Waals surface area contributed by atoms with E-state index in [1.165, 1.54) is 100 Å². The standard InChI is InChI=1S/C39H62N4.C10H20/c1-11-29(5)39(41-38(27-31(7)34-17-14-18-34)37(40-9)26-30(6)28(3)4)32(8)25-35(12-2)43-23-20-36(21-24-43)42(10)22-19-33-15-13-16-33;1-5-7-8-10(4)9(3)6-2/h12,25-27,29,33,36H,3,11,13-24H2,1-2,4-10H3;8-9H,5-7H2,1-4H3/b30-26+,32-25-,35-12+,38-27-,40-37?,41-39-;10-8-. The summed E-state index contributed by atoms with van der Waals surface area (Å²) in [7, 11) is 4.23. The van der Waals surface area contributed by atoms with Crippen molar-refractivity contribution in [3.63, 3.8) is 0 Å². The number of piperidine rings is 1. The van der Waals surface area contributed by atoms with E-state index in [0.29, 0.717) is 12.0 Å². The van der Waals surface area contributed by atoms with Crippen LogP contribution in [0.15, 0.2) is 91.8 Å². The molecule has 0 aromatic heterocycles. The Morgan fingerprint density at radius 1 is 0.887 bits per heavy atom. The SMILES string of the molecule is C=C(C)/C(C)=C/C(=NC)C(=C/C(C)=C1CCC1)/N=C(\C(C)=C/C(=C\C)N1CCC(N(C)CCC2CCC2)CC1)C(C)CC.CCC/C=C(/C)C(C)CC. The molecule has 0 spiro atoms. The lowest BCUT2D eigenvalue weighted by Crippen LogP contribution is -2.43. The number of hydrogen-bond acceptors (Lipinski definition) is 4. The molecule has 0 bridgehead atoms. The van der Waals surface area contributed by atoms with Crippen molar-refractivity contribution in [2.45, 2.75) is 166 Å². The maximum Gasteiger partial charge on any atom is 0.0887 e. The highest BCUT2D eigenvalue weighted by Crippen LogP contribution is 2.31. The number of likely N-dealkylation sites (tertiary alicyclic amines) is 1. The quantitative estimate of drug-likeness (QED) is 0.0800. The first kappa shape index (κ1) is 46.4. The third kappa shape index (κ3) is 15.5. The Kier molecular flexibility index (Phi) is 21.6. The summed E-state index contributed by atoms with van der Waals surface area (Å²) in [5.41, 5.74) is 12.3. The van der Waals surface area contributed by atoms with E-state index in [-0.39, 0.29) is 0 Å². The van der Waals surface area contributed by atoms with Gasteiger partial charge in [-0.25, -0.2) is 0 Å². The van der Waals surface area contributed by atoms with Crippen molar-refractivity contribution in [1.82, 2.24) is 9.80 Å². The summed E-state index contributed by atoms with van der Waals surface area (Å²) in [4.78, 5) is 15.4. The molecule has 1 aliphatic heterocycles. The van der Waals surface area contributed by atoms with Crippen LogP contribution in [0.1, 0.15) is 160 Å². The summed E-state index contributed by atoms with van der Waals surface area (Å²) in [6.45, 7) is 32.1. The van der Waals surface area contributed by atoms with E-state index in [1.807, 2.05) is 7.05 Å². The minimum absolute atomic E-state index is 0.341. The van der Waals surface area contributed by atoms with E-state index < -0.39 is 0 Å².